The van der Waals surface area contributed by atoms with E-state index < -0.39 is 0 Å². The first-order valence-corrected chi connectivity index (χ1v) is 7.72. The predicted molar refractivity (Wildman–Crippen MR) is 93.3 cm³/mol. The Hall–Kier alpha value is -1.30. The van der Waals surface area contributed by atoms with E-state index in [2.05, 4.69) is 10.6 Å². The van der Waals surface area contributed by atoms with Crippen molar-refractivity contribution in [2.75, 3.05) is 19.8 Å². The van der Waals surface area contributed by atoms with Crippen molar-refractivity contribution in [3.05, 3.63) is 29.3 Å². The molecule has 1 aromatic rings. The van der Waals surface area contributed by atoms with Gasteiger partial charge in [-0.15, -0.1) is 12.4 Å². The van der Waals surface area contributed by atoms with Crippen LogP contribution in [0.25, 0.3) is 0 Å². The minimum absolute atomic E-state index is 0. The van der Waals surface area contributed by atoms with Crippen molar-refractivity contribution < 1.29 is 14.3 Å². The molecule has 2 N–H and O–H groups in total. The Morgan fingerprint density at radius 2 is 2.17 bits per heavy atom. The first-order valence-electron chi connectivity index (χ1n) is 7.72. The molecule has 6 heteroatoms. The second-order valence-electron chi connectivity index (χ2n) is 6.63. The van der Waals surface area contributed by atoms with Crippen LogP contribution in [0.3, 0.4) is 0 Å². The maximum Gasteiger partial charge on any atom is 0.239 e. The van der Waals surface area contributed by atoms with E-state index in [1.165, 1.54) is 0 Å². The van der Waals surface area contributed by atoms with Gasteiger partial charge in [-0.2, -0.15) is 0 Å². The summed E-state index contributed by atoms with van der Waals surface area (Å²) in [5, 5.41) is 6.10. The minimum atomic E-state index is -0.273. The van der Waals surface area contributed by atoms with Gasteiger partial charge in [-0.1, -0.05) is 12.1 Å². The normalized spacial score (nSPS) is 18.0. The summed E-state index contributed by atoms with van der Waals surface area (Å²) in [5.74, 6) is 0.780. The Bertz CT molecular complexity index is 523. The van der Waals surface area contributed by atoms with Crippen LogP contribution in [0.4, 0.5) is 0 Å². The zero-order chi connectivity index (χ0) is 16.2. The third kappa shape index (κ3) is 6.37. The van der Waals surface area contributed by atoms with E-state index in [1.807, 2.05) is 45.9 Å². The zero-order valence-electron chi connectivity index (χ0n) is 14.3. The van der Waals surface area contributed by atoms with Crippen LogP contribution in [-0.4, -0.2) is 37.3 Å². The number of carbonyl (C=O) groups excluding carboxylic acids is 1. The fourth-order valence-electron chi connectivity index (χ4n) is 2.27. The van der Waals surface area contributed by atoms with Crippen molar-refractivity contribution in [2.45, 2.75) is 45.9 Å². The maximum atomic E-state index is 12.1. The Kier molecular flexibility index (Phi) is 7.32. The average molecular weight is 343 g/mol. The summed E-state index contributed by atoms with van der Waals surface area (Å²) < 4.78 is 11.3. The lowest BCUT2D eigenvalue weighted by Crippen LogP contribution is -2.51. The Morgan fingerprint density at radius 1 is 1.43 bits per heavy atom. The highest BCUT2D eigenvalue weighted by molar-refractivity contribution is 5.85. The first kappa shape index (κ1) is 19.7. The van der Waals surface area contributed by atoms with Gasteiger partial charge in [0.15, 0.2) is 0 Å². The van der Waals surface area contributed by atoms with E-state index in [0.29, 0.717) is 26.3 Å². The van der Waals surface area contributed by atoms with Crippen LogP contribution in [0, 0.1) is 6.92 Å². The van der Waals surface area contributed by atoms with Crippen molar-refractivity contribution in [1.82, 2.24) is 10.6 Å². The summed E-state index contributed by atoms with van der Waals surface area (Å²) in [6.07, 6.45) is 0. The quantitative estimate of drug-likeness (QED) is 0.880. The molecule has 0 radical (unpaired) electrons. The molecule has 0 aliphatic carbocycles. The molecule has 0 bridgehead atoms. The number of rotatable bonds is 4. The Labute approximate surface area is 144 Å². The molecule has 5 nitrogen and oxygen atoms in total. The summed E-state index contributed by atoms with van der Waals surface area (Å²) >= 11 is 0. The van der Waals surface area contributed by atoms with Crippen LogP contribution in [-0.2, 0) is 16.1 Å². The van der Waals surface area contributed by atoms with Gasteiger partial charge < -0.3 is 20.1 Å². The van der Waals surface area contributed by atoms with E-state index in [1.54, 1.807) is 0 Å². The Morgan fingerprint density at radius 3 is 2.78 bits per heavy atom. The molecule has 1 atom stereocenters. The van der Waals surface area contributed by atoms with Crippen molar-refractivity contribution in [2.24, 2.45) is 0 Å². The fraction of sp³-hybridized carbons (Fsp3) is 0.588. The molecular formula is C17H27ClN2O3. The maximum absolute atomic E-state index is 12.1. The van der Waals surface area contributed by atoms with E-state index in [9.17, 15) is 4.79 Å². The SMILES string of the molecule is Cc1ccc(CNC(=O)C2COCCN2)c(OC(C)(C)C)c1.Cl. The number of aryl methyl sites for hydroxylation is 1. The van der Waals surface area contributed by atoms with Crippen molar-refractivity contribution in [3.63, 3.8) is 0 Å². The van der Waals surface area contributed by atoms with Gasteiger partial charge in [0, 0.05) is 18.7 Å². The van der Waals surface area contributed by atoms with Gasteiger partial charge in [-0.3, -0.25) is 4.79 Å². The fourth-order valence-corrected chi connectivity index (χ4v) is 2.27. The van der Waals surface area contributed by atoms with E-state index >= 15 is 0 Å². The lowest BCUT2D eigenvalue weighted by Gasteiger charge is -2.25. The highest BCUT2D eigenvalue weighted by Gasteiger charge is 2.21. The molecule has 1 saturated heterocycles. The summed E-state index contributed by atoms with van der Waals surface area (Å²) in [6, 6.07) is 5.76. The van der Waals surface area contributed by atoms with Crippen LogP contribution < -0.4 is 15.4 Å². The zero-order valence-corrected chi connectivity index (χ0v) is 15.1. The highest BCUT2D eigenvalue weighted by Crippen LogP contribution is 2.24. The molecule has 1 aliphatic rings. The van der Waals surface area contributed by atoms with E-state index in [0.717, 1.165) is 16.9 Å². The number of amides is 1. The van der Waals surface area contributed by atoms with E-state index in [4.69, 9.17) is 9.47 Å². The number of nitrogens with one attached hydrogen (secondary N) is 2. The summed E-state index contributed by atoms with van der Waals surface area (Å²) in [7, 11) is 0. The van der Waals surface area contributed by atoms with Gasteiger partial charge in [-0.25, -0.2) is 0 Å². The molecule has 0 aromatic heterocycles. The number of halogens is 1. The minimum Gasteiger partial charge on any atom is -0.488 e. The topological polar surface area (TPSA) is 59.6 Å². The summed E-state index contributed by atoms with van der Waals surface area (Å²) in [6.45, 7) is 10.3. The molecule has 1 aliphatic heterocycles. The van der Waals surface area contributed by atoms with Crippen LogP contribution in [0.2, 0.25) is 0 Å². The molecule has 1 amide bonds. The highest BCUT2D eigenvalue weighted by atomic mass is 35.5. The largest absolute Gasteiger partial charge is 0.488 e. The lowest BCUT2D eigenvalue weighted by atomic mass is 10.1. The monoisotopic (exact) mass is 342 g/mol. The molecular weight excluding hydrogens is 316 g/mol. The number of benzene rings is 1. The van der Waals surface area contributed by atoms with Gasteiger partial charge in [-0.05, 0) is 39.3 Å². The molecule has 130 valence electrons. The van der Waals surface area contributed by atoms with Crippen LogP contribution in [0.15, 0.2) is 18.2 Å². The van der Waals surface area contributed by atoms with Crippen molar-refractivity contribution in [1.29, 1.82) is 0 Å². The smallest absolute Gasteiger partial charge is 0.239 e. The molecule has 0 spiro atoms. The number of ether oxygens (including phenoxy) is 2. The molecule has 1 aromatic carbocycles. The van der Waals surface area contributed by atoms with Gasteiger partial charge in [0.25, 0.3) is 0 Å². The molecule has 0 saturated carbocycles. The summed E-state index contributed by atoms with van der Waals surface area (Å²) in [4.78, 5) is 12.1. The second-order valence-corrected chi connectivity index (χ2v) is 6.63. The molecule has 1 fully saturated rings. The van der Waals surface area contributed by atoms with Gasteiger partial charge in [0.2, 0.25) is 5.91 Å². The third-order valence-electron chi connectivity index (χ3n) is 3.33. The van der Waals surface area contributed by atoms with E-state index in [-0.39, 0.29) is 30.0 Å². The predicted octanol–water partition coefficient (Wildman–Crippen LogP) is 2.20. The van der Waals surface area contributed by atoms with Crippen LogP contribution >= 0.6 is 12.4 Å². The summed E-state index contributed by atoms with van der Waals surface area (Å²) in [5.41, 5.74) is 1.84. The molecule has 1 heterocycles. The molecule has 1 unspecified atom stereocenters. The molecule has 23 heavy (non-hydrogen) atoms. The molecule has 2 rings (SSSR count). The number of carbonyl (C=O) groups is 1. The number of hydrogen-bond donors (Lipinski definition) is 2. The second kappa shape index (κ2) is 8.52. The number of morpholine rings is 1. The van der Waals surface area contributed by atoms with Crippen molar-refractivity contribution in [3.8, 4) is 5.75 Å². The van der Waals surface area contributed by atoms with Crippen LogP contribution in [0.5, 0.6) is 5.75 Å². The van der Waals surface area contributed by atoms with Gasteiger partial charge in [0.05, 0.1) is 13.2 Å². The Balaban J connectivity index is 0.00000264. The van der Waals surface area contributed by atoms with Gasteiger partial charge in [0.1, 0.15) is 17.4 Å². The first-order chi connectivity index (χ1) is 10.3. The number of hydrogen-bond acceptors (Lipinski definition) is 4. The lowest BCUT2D eigenvalue weighted by molar-refractivity contribution is -0.126. The van der Waals surface area contributed by atoms with Crippen molar-refractivity contribution >= 4 is 18.3 Å². The third-order valence-corrected chi connectivity index (χ3v) is 3.33. The van der Waals surface area contributed by atoms with Gasteiger partial charge >= 0.3 is 0 Å². The average Bonchev–Trinajstić information content (AvgIpc) is 2.45. The standard InChI is InChI=1S/C17H26N2O3.ClH/c1-12-5-6-13(15(9-12)22-17(2,3)4)10-19-16(20)14-11-21-8-7-18-14;/h5-6,9,14,18H,7-8,10-11H2,1-4H3,(H,19,20);1H. The van der Waals surface area contributed by atoms with Crippen LogP contribution in [0.1, 0.15) is 31.9 Å².